The lowest BCUT2D eigenvalue weighted by molar-refractivity contribution is 0.0767. The molecule has 0 amide bonds. The topological polar surface area (TPSA) is 92.5 Å². The number of hydrogen-bond acceptors (Lipinski definition) is 6. The molecule has 2 aromatic rings. The number of nitrogens with one attached hydrogen (secondary N) is 2. The Kier molecular flexibility index (Phi) is 9.26. The van der Waals surface area contributed by atoms with E-state index in [1.165, 1.54) is 0 Å². The predicted octanol–water partition coefficient (Wildman–Crippen LogP) is 2.19. The van der Waals surface area contributed by atoms with Crippen LogP contribution in [0.3, 0.4) is 0 Å². The molecule has 0 atom stereocenters. The summed E-state index contributed by atoms with van der Waals surface area (Å²) >= 11 is 0. The minimum absolute atomic E-state index is 0. The van der Waals surface area contributed by atoms with E-state index in [1.807, 2.05) is 48.5 Å². The summed E-state index contributed by atoms with van der Waals surface area (Å²) in [6, 6.07) is 15.8. The fourth-order valence-corrected chi connectivity index (χ4v) is 2.62. The van der Waals surface area contributed by atoms with E-state index in [4.69, 9.17) is 18.9 Å². The lowest BCUT2D eigenvalue weighted by Crippen LogP contribution is -2.17. The van der Waals surface area contributed by atoms with E-state index in [1.54, 1.807) is 0 Å². The van der Waals surface area contributed by atoms with E-state index in [2.05, 4.69) is 10.6 Å². The van der Waals surface area contributed by atoms with Gasteiger partial charge in [-0.1, -0.05) is 24.3 Å². The first-order valence-electron chi connectivity index (χ1n) is 9.00. The molecular weight excluding hydrogens is 348 g/mol. The highest BCUT2D eigenvalue weighted by atomic mass is 16.5. The molecule has 1 heterocycles. The Balaban J connectivity index is 0.00000261. The summed E-state index contributed by atoms with van der Waals surface area (Å²) in [6.45, 7) is 4.70. The molecule has 27 heavy (non-hydrogen) atoms. The van der Waals surface area contributed by atoms with Crippen LogP contribution in [0.1, 0.15) is 0 Å². The Labute approximate surface area is 159 Å². The van der Waals surface area contributed by atoms with Crippen molar-refractivity contribution in [2.75, 3.05) is 63.4 Å². The first kappa shape index (κ1) is 20.8. The molecule has 0 fully saturated rings. The predicted molar refractivity (Wildman–Crippen MR) is 106 cm³/mol. The van der Waals surface area contributed by atoms with Gasteiger partial charge < -0.3 is 35.1 Å². The minimum Gasteiger partial charge on any atom is -0.489 e. The summed E-state index contributed by atoms with van der Waals surface area (Å²) in [6.07, 6.45) is 0. The number of benzene rings is 2. The number of rotatable bonds is 0. The van der Waals surface area contributed by atoms with Crippen molar-refractivity contribution in [1.29, 1.82) is 0 Å². The van der Waals surface area contributed by atoms with E-state index in [0.29, 0.717) is 39.6 Å². The van der Waals surface area contributed by atoms with Crippen molar-refractivity contribution < 1.29 is 24.4 Å². The van der Waals surface area contributed by atoms with Crippen LogP contribution in [-0.4, -0.2) is 58.2 Å². The SMILES string of the molecule is O.c1ccc2c(c1)NCCOCCNc1ccccc1OCCOCCO2. The van der Waals surface area contributed by atoms with Crippen LogP contribution >= 0.6 is 0 Å². The standard InChI is InChI=1S/C20H26N2O4.H2O/c1-3-7-19-17(5-1)21-9-11-23-12-10-22-18-6-2-4-8-20(18)26-16-14-24-13-15-25-19;/h1-8,21-22H,9-16H2;1H2. The van der Waals surface area contributed by atoms with Gasteiger partial charge in [0.15, 0.2) is 0 Å². The van der Waals surface area contributed by atoms with Gasteiger partial charge in [0.2, 0.25) is 0 Å². The third kappa shape index (κ3) is 6.97. The average Bonchev–Trinajstić information content (AvgIpc) is 2.68. The highest BCUT2D eigenvalue weighted by molar-refractivity contribution is 5.56. The Bertz CT molecular complexity index is 557. The van der Waals surface area contributed by atoms with Crippen molar-refractivity contribution >= 4 is 11.4 Å². The summed E-state index contributed by atoms with van der Waals surface area (Å²) < 4.78 is 22.9. The van der Waals surface area contributed by atoms with Crippen molar-refractivity contribution in [3.8, 4) is 11.5 Å². The summed E-state index contributed by atoms with van der Waals surface area (Å²) in [7, 11) is 0. The van der Waals surface area contributed by atoms with E-state index in [0.717, 1.165) is 36.0 Å². The Hall–Kier alpha value is -2.48. The largest absolute Gasteiger partial charge is 0.489 e. The molecule has 0 radical (unpaired) electrons. The first-order valence-corrected chi connectivity index (χ1v) is 9.00. The fraction of sp³-hybridized carbons (Fsp3) is 0.400. The maximum atomic E-state index is 5.81. The maximum Gasteiger partial charge on any atom is 0.142 e. The van der Waals surface area contributed by atoms with E-state index in [9.17, 15) is 0 Å². The van der Waals surface area contributed by atoms with Crippen LogP contribution < -0.4 is 20.1 Å². The highest BCUT2D eigenvalue weighted by Gasteiger charge is 2.05. The number of anilines is 2. The van der Waals surface area contributed by atoms with Crippen LogP contribution in [0.25, 0.3) is 0 Å². The smallest absolute Gasteiger partial charge is 0.142 e. The molecule has 0 bridgehead atoms. The quantitative estimate of drug-likeness (QED) is 0.732. The van der Waals surface area contributed by atoms with Gasteiger partial charge in [0.25, 0.3) is 0 Å². The van der Waals surface area contributed by atoms with Crippen LogP contribution in [0.15, 0.2) is 48.5 Å². The molecule has 148 valence electrons. The molecule has 0 aliphatic carbocycles. The Morgan fingerprint density at radius 2 is 1.00 bits per heavy atom. The van der Waals surface area contributed by atoms with Gasteiger partial charge in [-0.15, -0.1) is 0 Å². The molecular formula is C20H28N2O5. The van der Waals surface area contributed by atoms with Gasteiger partial charge in [-0.3, -0.25) is 0 Å². The van der Waals surface area contributed by atoms with Crippen LogP contribution in [0, 0.1) is 0 Å². The van der Waals surface area contributed by atoms with Crippen molar-refractivity contribution in [2.45, 2.75) is 0 Å². The summed E-state index contributed by atoms with van der Waals surface area (Å²) in [4.78, 5) is 0. The normalized spacial score (nSPS) is 16.3. The lowest BCUT2D eigenvalue weighted by atomic mass is 10.3. The molecule has 1 aliphatic rings. The van der Waals surface area contributed by atoms with Crippen LogP contribution in [0.4, 0.5) is 11.4 Å². The number of ether oxygens (including phenoxy) is 4. The number of hydrogen-bond donors (Lipinski definition) is 2. The zero-order valence-electron chi connectivity index (χ0n) is 15.4. The van der Waals surface area contributed by atoms with Gasteiger partial charge >= 0.3 is 0 Å². The molecule has 7 heteroatoms. The zero-order chi connectivity index (χ0) is 17.9. The van der Waals surface area contributed by atoms with Crippen molar-refractivity contribution in [2.24, 2.45) is 0 Å². The summed E-state index contributed by atoms with van der Waals surface area (Å²) in [5, 5.41) is 6.70. The van der Waals surface area contributed by atoms with E-state index in [-0.39, 0.29) is 5.48 Å². The molecule has 7 nitrogen and oxygen atoms in total. The van der Waals surface area contributed by atoms with Gasteiger partial charge in [-0.2, -0.15) is 0 Å². The first-order chi connectivity index (χ1) is 12.9. The van der Waals surface area contributed by atoms with Crippen molar-refractivity contribution in [3.05, 3.63) is 48.5 Å². The fourth-order valence-electron chi connectivity index (χ4n) is 2.62. The monoisotopic (exact) mass is 376 g/mol. The molecule has 0 spiro atoms. The molecule has 0 saturated carbocycles. The van der Waals surface area contributed by atoms with Gasteiger partial charge in [0.05, 0.1) is 37.8 Å². The average molecular weight is 376 g/mol. The van der Waals surface area contributed by atoms with E-state index >= 15 is 0 Å². The molecule has 0 unspecified atom stereocenters. The number of fused-ring (bicyclic) bond motifs is 2. The zero-order valence-corrected chi connectivity index (χ0v) is 15.4. The minimum atomic E-state index is 0. The number of para-hydroxylation sites is 4. The second-order valence-corrected chi connectivity index (χ2v) is 5.77. The molecule has 4 N–H and O–H groups in total. The summed E-state index contributed by atoms with van der Waals surface area (Å²) in [5.41, 5.74) is 1.93. The molecule has 1 aliphatic heterocycles. The maximum absolute atomic E-state index is 5.81. The van der Waals surface area contributed by atoms with Crippen LogP contribution in [0.2, 0.25) is 0 Å². The molecule has 3 rings (SSSR count). The van der Waals surface area contributed by atoms with Crippen LogP contribution in [-0.2, 0) is 9.47 Å². The summed E-state index contributed by atoms with van der Waals surface area (Å²) in [5.74, 6) is 1.65. The van der Waals surface area contributed by atoms with Crippen LogP contribution in [0.5, 0.6) is 11.5 Å². The molecule has 2 aromatic carbocycles. The highest BCUT2D eigenvalue weighted by Crippen LogP contribution is 2.24. The lowest BCUT2D eigenvalue weighted by Gasteiger charge is -2.16. The van der Waals surface area contributed by atoms with Gasteiger partial charge in [0, 0.05) is 13.1 Å². The third-order valence-corrected chi connectivity index (χ3v) is 3.87. The van der Waals surface area contributed by atoms with Gasteiger partial charge in [-0.05, 0) is 24.3 Å². The Morgan fingerprint density at radius 3 is 1.52 bits per heavy atom. The second kappa shape index (κ2) is 12.0. The van der Waals surface area contributed by atoms with Crippen molar-refractivity contribution in [3.63, 3.8) is 0 Å². The third-order valence-electron chi connectivity index (χ3n) is 3.87. The van der Waals surface area contributed by atoms with Gasteiger partial charge in [-0.25, -0.2) is 0 Å². The Morgan fingerprint density at radius 1 is 0.556 bits per heavy atom. The van der Waals surface area contributed by atoms with Gasteiger partial charge in [0.1, 0.15) is 24.7 Å². The molecule has 0 saturated heterocycles. The molecule has 0 aromatic heterocycles. The van der Waals surface area contributed by atoms with E-state index < -0.39 is 0 Å². The second-order valence-electron chi connectivity index (χ2n) is 5.77. The van der Waals surface area contributed by atoms with Crippen molar-refractivity contribution in [1.82, 2.24) is 0 Å².